The Hall–Kier alpha value is -2.38. The number of sulfonamides is 1. The van der Waals surface area contributed by atoms with Crippen molar-refractivity contribution in [3.8, 4) is 0 Å². The molecule has 1 N–H and O–H groups in total. The third kappa shape index (κ3) is 3.77. The maximum atomic E-state index is 13.1. The van der Waals surface area contributed by atoms with E-state index < -0.39 is 10.0 Å². The van der Waals surface area contributed by atoms with Gasteiger partial charge in [0.1, 0.15) is 0 Å². The maximum Gasteiger partial charge on any atom is 0.261 e. The number of nitrogens with one attached hydrogen (secondary N) is 1. The lowest BCUT2D eigenvalue weighted by Crippen LogP contribution is -2.51. The molecule has 0 radical (unpaired) electrons. The number of fused-ring (bicyclic) bond motifs is 1. The Morgan fingerprint density at radius 1 is 1.14 bits per heavy atom. The van der Waals surface area contributed by atoms with E-state index in [9.17, 15) is 13.2 Å². The largest absolute Gasteiger partial charge is 0.374 e. The molecule has 0 bridgehead atoms. The Morgan fingerprint density at radius 3 is 2.79 bits per heavy atom. The fraction of sp³-hybridized carbons (Fsp3) is 0.381. The standard InChI is InChI=1S/C21H24N2O4S/c1-15-5-2-7-17(13-15)22-28(25,26)18-8-3-6-16(14-18)21(24)23-11-12-27-20-10-4-9-19(20)23/h2-3,5-8,13-14,19-20,22H,4,9-12H2,1H3/t19-,20+/m0/s1. The first-order valence-electron chi connectivity index (χ1n) is 9.56. The molecule has 0 spiro atoms. The summed E-state index contributed by atoms with van der Waals surface area (Å²) in [6.45, 7) is 2.97. The van der Waals surface area contributed by atoms with Gasteiger partial charge < -0.3 is 9.64 Å². The minimum Gasteiger partial charge on any atom is -0.374 e. The molecule has 148 valence electrons. The number of rotatable bonds is 4. The third-order valence-corrected chi connectivity index (χ3v) is 6.78. The van der Waals surface area contributed by atoms with Crippen molar-refractivity contribution in [1.29, 1.82) is 0 Å². The summed E-state index contributed by atoms with van der Waals surface area (Å²) in [5.41, 5.74) is 1.85. The fourth-order valence-electron chi connectivity index (χ4n) is 4.06. The Kier molecular flexibility index (Phi) is 5.12. The molecule has 0 unspecified atom stereocenters. The topological polar surface area (TPSA) is 75.7 Å². The predicted molar refractivity (Wildman–Crippen MR) is 107 cm³/mol. The smallest absolute Gasteiger partial charge is 0.261 e. The number of hydrogen-bond acceptors (Lipinski definition) is 4. The van der Waals surface area contributed by atoms with Crippen molar-refractivity contribution < 1.29 is 17.9 Å². The molecule has 1 heterocycles. The van der Waals surface area contributed by atoms with Crippen LogP contribution in [0.4, 0.5) is 5.69 Å². The quantitative estimate of drug-likeness (QED) is 0.855. The zero-order valence-corrected chi connectivity index (χ0v) is 16.6. The molecule has 1 aliphatic heterocycles. The van der Waals surface area contributed by atoms with Gasteiger partial charge in [0.15, 0.2) is 0 Å². The molecule has 6 nitrogen and oxygen atoms in total. The summed E-state index contributed by atoms with van der Waals surface area (Å²) in [6.07, 6.45) is 3.06. The summed E-state index contributed by atoms with van der Waals surface area (Å²) in [5, 5.41) is 0. The number of hydrogen-bond donors (Lipinski definition) is 1. The van der Waals surface area contributed by atoms with E-state index in [1.165, 1.54) is 12.1 Å². The number of benzene rings is 2. The number of anilines is 1. The summed E-state index contributed by atoms with van der Waals surface area (Å²) in [6, 6.07) is 13.5. The van der Waals surface area contributed by atoms with Gasteiger partial charge in [0, 0.05) is 17.8 Å². The van der Waals surface area contributed by atoms with Crippen molar-refractivity contribution in [2.45, 2.75) is 43.2 Å². The molecule has 2 aromatic rings. The van der Waals surface area contributed by atoms with Gasteiger partial charge in [0.25, 0.3) is 15.9 Å². The molecule has 2 aromatic carbocycles. The van der Waals surface area contributed by atoms with Crippen LogP contribution < -0.4 is 4.72 Å². The predicted octanol–water partition coefficient (Wildman–Crippen LogP) is 3.19. The van der Waals surface area contributed by atoms with Crippen molar-refractivity contribution >= 4 is 21.6 Å². The lowest BCUT2D eigenvalue weighted by molar-refractivity contribution is -0.0445. The third-order valence-electron chi connectivity index (χ3n) is 5.40. The maximum absolute atomic E-state index is 13.1. The number of aryl methyl sites for hydroxylation is 1. The second-order valence-corrected chi connectivity index (χ2v) is 9.09. The van der Waals surface area contributed by atoms with Gasteiger partial charge in [-0.1, -0.05) is 18.2 Å². The zero-order valence-electron chi connectivity index (χ0n) is 15.8. The molecule has 4 rings (SSSR count). The van der Waals surface area contributed by atoms with Gasteiger partial charge >= 0.3 is 0 Å². The summed E-state index contributed by atoms with van der Waals surface area (Å²) in [7, 11) is -3.78. The molecule has 1 aliphatic carbocycles. The van der Waals surface area contributed by atoms with Gasteiger partial charge in [0.05, 0.1) is 23.6 Å². The van der Waals surface area contributed by atoms with E-state index in [1.807, 2.05) is 17.9 Å². The molecule has 2 fully saturated rings. The minimum atomic E-state index is -3.78. The Bertz CT molecular complexity index is 989. The molecule has 0 aromatic heterocycles. The van der Waals surface area contributed by atoms with Crippen LogP contribution in [0.1, 0.15) is 35.2 Å². The lowest BCUT2D eigenvalue weighted by Gasteiger charge is -2.37. The first kappa shape index (κ1) is 19.0. The summed E-state index contributed by atoms with van der Waals surface area (Å²) >= 11 is 0. The molecule has 28 heavy (non-hydrogen) atoms. The van der Waals surface area contributed by atoms with E-state index in [0.29, 0.717) is 24.4 Å². The molecule has 2 atom stereocenters. The highest BCUT2D eigenvalue weighted by Gasteiger charge is 2.38. The van der Waals surface area contributed by atoms with Crippen molar-refractivity contribution in [3.05, 3.63) is 59.7 Å². The van der Waals surface area contributed by atoms with Gasteiger partial charge in [-0.15, -0.1) is 0 Å². The van der Waals surface area contributed by atoms with Gasteiger partial charge in [-0.25, -0.2) is 8.42 Å². The van der Waals surface area contributed by atoms with Crippen LogP contribution in [0.5, 0.6) is 0 Å². The number of ether oxygens (including phenoxy) is 1. The summed E-state index contributed by atoms with van der Waals surface area (Å²) < 4.78 is 33.9. The average Bonchev–Trinajstić information content (AvgIpc) is 3.16. The second kappa shape index (κ2) is 7.56. The highest BCUT2D eigenvalue weighted by Crippen LogP contribution is 2.31. The number of carbonyl (C=O) groups excluding carboxylic acids is 1. The van der Waals surface area contributed by atoms with E-state index in [4.69, 9.17) is 4.74 Å². The molecule has 2 aliphatic rings. The SMILES string of the molecule is Cc1cccc(NS(=O)(=O)c2cccc(C(=O)N3CCO[C@@H]4CCC[C@@H]43)c2)c1. The van der Waals surface area contributed by atoms with Gasteiger partial charge in [-0.05, 0) is 62.1 Å². The van der Waals surface area contributed by atoms with Crippen LogP contribution >= 0.6 is 0 Å². The molecule has 1 saturated heterocycles. The van der Waals surface area contributed by atoms with Crippen molar-refractivity contribution in [3.63, 3.8) is 0 Å². The van der Waals surface area contributed by atoms with E-state index >= 15 is 0 Å². The molecular weight excluding hydrogens is 376 g/mol. The van der Waals surface area contributed by atoms with Crippen LogP contribution in [0.15, 0.2) is 53.4 Å². The van der Waals surface area contributed by atoms with Crippen molar-refractivity contribution in [1.82, 2.24) is 4.90 Å². The van der Waals surface area contributed by atoms with Crippen molar-refractivity contribution in [2.24, 2.45) is 0 Å². The van der Waals surface area contributed by atoms with Crippen LogP contribution in [0.3, 0.4) is 0 Å². The molecular formula is C21H24N2O4S. The summed E-state index contributed by atoms with van der Waals surface area (Å²) in [5.74, 6) is -0.132. The Labute approximate surface area is 165 Å². The van der Waals surface area contributed by atoms with Crippen LogP contribution in [-0.4, -0.2) is 44.5 Å². The van der Waals surface area contributed by atoms with Crippen LogP contribution in [0, 0.1) is 6.92 Å². The van der Waals surface area contributed by atoms with E-state index in [-0.39, 0.29) is 22.9 Å². The highest BCUT2D eigenvalue weighted by molar-refractivity contribution is 7.92. The number of nitrogens with zero attached hydrogens (tertiary/aromatic N) is 1. The fourth-order valence-corrected chi connectivity index (χ4v) is 5.16. The molecule has 1 saturated carbocycles. The Morgan fingerprint density at radius 2 is 1.96 bits per heavy atom. The molecule has 7 heteroatoms. The minimum absolute atomic E-state index is 0.0797. The first-order valence-corrected chi connectivity index (χ1v) is 11.0. The van der Waals surface area contributed by atoms with Crippen LogP contribution in [0.2, 0.25) is 0 Å². The summed E-state index contributed by atoms with van der Waals surface area (Å²) in [4.78, 5) is 15.0. The van der Waals surface area contributed by atoms with Gasteiger partial charge in [-0.3, -0.25) is 9.52 Å². The number of carbonyl (C=O) groups is 1. The number of amides is 1. The zero-order chi connectivity index (χ0) is 19.7. The van der Waals surface area contributed by atoms with E-state index in [1.54, 1.807) is 30.3 Å². The number of morpholine rings is 1. The second-order valence-electron chi connectivity index (χ2n) is 7.41. The van der Waals surface area contributed by atoms with Gasteiger partial charge in [0.2, 0.25) is 0 Å². The van der Waals surface area contributed by atoms with E-state index in [2.05, 4.69) is 4.72 Å². The average molecular weight is 401 g/mol. The Balaban J connectivity index is 1.57. The van der Waals surface area contributed by atoms with Gasteiger partial charge in [-0.2, -0.15) is 0 Å². The lowest BCUT2D eigenvalue weighted by atomic mass is 10.1. The monoisotopic (exact) mass is 400 g/mol. The molecule has 1 amide bonds. The highest BCUT2D eigenvalue weighted by atomic mass is 32.2. The van der Waals surface area contributed by atoms with Crippen LogP contribution in [-0.2, 0) is 14.8 Å². The normalized spacial score (nSPS) is 22.0. The first-order chi connectivity index (χ1) is 13.4. The van der Waals surface area contributed by atoms with Crippen LogP contribution in [0.25, 0.3) is 0 Å². The van der Waals surface area contributed by atoms with Crippen molar-refractivity contribution in [2.75, 3.05) is 17.9 Å². The van der Waals surface area contributed by atoms with E-state index in [0.717, 1.165) is 24.8 Å².